The average Bonchev–Trinajstić information content (AvgIpc) is 3.24. The number of benzene rings is 1. The molecule has 234 valence electrons. The van der Waals surface area contributed by atoms with Crippen molar-refractivity contribution in [1.29, 1.82) is 0 Å². The number of anilines is 1. The average molecular weight is 610 g/mol. The predicted molar refractivity (Wildman–Crippen MR) is 171 cm³/mol. The zero-order chi connectivity index (χ0) is 31.1. The molecular formula is C34H47N3O5S. The molecule has 8 nitrogen and oxygen atoms in total. The summed E-state index contributed by atoms with van der Waals surface area (Å²) in [6, 6.07) is 6.19. The van der Waals surface area contributed by atoms with Gasteiger partial charge in [0.25, 0.3) is 0 Å². The second kappa shape index (κ2) is 12.3. The Bertz CT molecular complexity index is 1280. The maximum absolute atomic E-state index is 14.8. The third-order valence-corrected chi connectivity index (χ3v) is 11.4. The van der Waals surface area contributed by atoms with E-state index in [0.717, 1.165) is 24.3 Å². The van der Waals surface area contributed by atoms with Gasteiger partial charge in [0.15, 0.2) is 0 Å². The lowest BCUT2D eigenvalue weighted by molar-refractivity contribution is -0.147. The van der Waals surface area contributed by atoms with Gasteiger partial charge in [0.05, 0.1) is 35.8 Å². The van der Waals surface area contributed by atoms with E-state index in [1.54, 1.807) is 21.6 Å². The van der Waals surface area contributed by atoms with E-state index in [-0.39, 0.29) is 36.3 Å². The monoisotopic (exact) mass is 609 g/mol. The number of hydrogen-bond acceptors (Lipinski definition) is 6. The number of hydrogen-bond donors (Lipinski definition) is 1. The molecule has 4 heterocycles. The van der Waals surface area contributed by atoms with E-state index in [1.165, 1.54) is 0 Å². The van der Waals surface area contributed by atoms with Crippen molar-refractivity contribution < 1.29 is 24.2 Å². The Labute approximate surface area is 260 Å². The topological polar surface area (TPSA) is 90.4 Å². The maximum atomic E-state index is 14.8. The number of carbonyl (C=O) groups is 3. The van der Waals surface area contributed by atoms with Gasteiger partial charge in [-0.25, -0.2) is 0 Å². The summed E-state index contributed by atoms with van der Waals surface area (Å²) in [6.45, 7) is 13.4. The number of nitrogens with zero attached hydrogens (tertiary/aromatic N) is 3. The summed E-state index contributed by atoms with van der Waals surface area (Å²) in [4.78, 5) is 49.4. The van der Waals surface area contributed by atoms with Crippen LogP contribution in [0.2, 0.25) is 0 Å². The normalized spacial score (nSPS) is 31.6. The van der Waals surface area contributed by atoms with Gasteiger partial charge < -0.3 is 24.5 Å². The van der Waals surface area contributed by atoms with Crippen LogP contribution in [-0.4, -0.2) is 86.6 Å². The quantitative estimate of drug-likeness (QED) is 0.388. The van der Waals surface area contributed by atoms with Crippen LogP contribution < -0.4 is 9.64 Å². The lowest BCUT2D eigenvalue weighted by Crippen LogP contribution is -2.58. The van der Waals surface area contributed by atoms with Crippen LogP contribution in [0.5, 0.6) is 5.75 Å². The minimum atomic E-state index is -0.930. The number of amides is 3. The molecule has 9 heteroatoms. The maximum Gasteiger partial charge on any atom is 0.247 e. The van der Waals surface area contributed by atoms with Crippen LogP contribution in [0.1, 0.15) is 60.8 Å². The molecule has 0 radical (unpaired) electrons. The smallest absolute Gasteiger partial charge is 0.247 e. The summed E-state index contributed by atoms with van der Waals surface area (Å²) in [5.41, 5.74) is 0.743. The Kier molecular flexibility index (Phi) is 9.06. The summed E-state index contributed by atoms with van der Waals surface area (Å²) in [5, 5.41) is 10.6. The fourth-order valence-corrected chi connectivity index (χ4v) is 9.93. The molecule has 1 N–H and O–H groups in total. The van der Waals surface area contributed by atoms with Gasteiger partial charge in [-0.15, -0.1) is 11.8 Å². The van der Waals surface area contributed by atoms with Crippen LogP contribution in [0.25, 0.3) is 0 Å². The second-order valence-corrected chi connectivity index (χ2v) is 14.8. The van der Waals surface area contributed by atoms with E-state index in [0.29, 0.717) is 26.1 Å². The molecule has 2 unspecified atom stereocenters. The van der Waals surface area contributed by atoms with Gasteiger partial charge in [0.1, 0.15) is 11.8 Å². The molecular weight excluding hydrogens is 562 g/mol. The summed E-state index contributed by atoms with van der Waals surface area (Å²) in [6.07, 6.45) is 10.6. The van der Waals surface area contributed by atoms with Gasteiger partial charge in [0, 0.05) is 29.6 Å². The van der Waals surface area contributed by atoms with E-state index in [9.17, 15) is 19.5 Å². The summed E-state index contributed by atoms with van der Waals surface area (Å²) in [7, 11) is 0. The molecule has 2 saturated heterocycles. The van der Waals surface area contributed by atoms with E-state index < -0.39 is 33.4 Å². The Morgan fingerprint density at radius 2 is 1.67 bits per heavy atom. The first kappa shape index (κ1) is 31.6. The molecule has 4 aliphatic rings. The Morgan fingerprint density at radius 1 is 0.977 bits per heavy atom. The number of rotatable bonds is 10. The number of thioether (sulfide) groups is 1. The molecule has 0 aromatic heterocycles. The van der Waals surface area contributed by atoms with Crippen LogP contribution in [0.3, 0.4) is 0 Å². The number of aliphatic hydroxyl groups is 1. The van der Waals surface area contributed by atoms with Crippen molar-refractivity contribution in [3.8, 4) is 5.75 Å². The molecule has 43 heavy (non-hydrogen) atoms. The van der Waals surface area contributed by atoms with Crippen molar-refractivity contribution in [1.82, 2.24) is 9.80 Å². The lowest BCUT2D eigenvalue weighted by atomic mass is 9.74. The molecule has 3 amide bonds. The largest absolute Gasteiger partial charge is 0.494 e. The molecule has 5 rings (SSSR count). The SMILES string of the molecule is CCCC(C)N1CC=C[C@]23S[C@]4(C)C=CCN(c5ccc(OCC)cc5)C(=O)[C@@H]4[C@H]2C(=O)N([C@@H](CO)CC(C)C)C3C1=O. The Hall–Kier alpha value is -2.78. The Morgan fingerprint density at radius 3 is 2.30 bits per heavy atom. The molecule has 0 aliphatic carbocycles. The van der Waals surface area contributed by atoms with E-state index in [4.69, 9.17) is 4.74 Å². The number of fused-ring (bicyclic) bond motifs is 2. The number of aliphatic hydroxyl groups excluding tert-OH is 1. The molecule has 0 saturated carbocycles. The highest BCUT2D eigenvalue weighted by atomic mass is 32.2. The van der Waals surface area contributed by atoms with Gasteiger partial charge in [0.2, 0.25) is 17.7 Å². The zero-order valence-corrected chi connectivity index (χ0v) is 27.2. The van der Waals surface area contributed by atoms with Gasteiger partial charge in [-0.05, 0) is 63.8 Å². The molecule has 0 bridgehead atoms. The van der Waals surface area contributed by atoms with E-state index >= 15 is 0 Å². The van der Waals surface area contributed by atoms with Crippen molar-refractivity contribution >= 4 is 35.2 Å². The third-order valence-electron chi connectivity index (χ3n) is 9.57. The number of likely N-dealkylation sites (tertiary alicyclic amines) is 1. The number of carbonyl (C=O) groups excluding carboxylic acids is 3. The van der Waals surface area contributed by atoms with Crippen LogP contribution >= 0.6 is 11.8 Å². The minimum absolute atomic E-state index is 0.00937. The lowest BCUT2D eigenvalue weighted by Gasteiger charge is -2.41. The number of ether oxygens (including phenoxy) is 1. The van der Waals surface area contributed by atoms with Crippen molar-refractivity contribution in [3.05, 3.63) is 48.6 Å². The summed E-state index contributed by atoms with van der Waals surface area (Å²) in [5.74, 6) is -0.887. The van der Waals surface area contributed by atoms with Crippen LogP contribution in [0, 0.1) is 17.8 Å². The highest BCUT2D eigenvalue weighted by Gasteiger charge is 2.74. The molecule has 2 fully saturated rings. The first-order valence-corrected chi connectivity index (χ1v) is 16.7. The third kappa shape index (κ3) is 5.30. The van der Waals surface area contributed by atoms with Gasteiger partial charge in [-0.1, -0.05) is 51.5 Å². The van der Waals surface area contributed by atoms with Gasteiger partial charge >= 0.3 is 0 Å². The van der Waals surface area contributed by atoms with E-state index in [1.807, 2.05) is 55.2 Å². The molecule has 1 aromatic carbocycles. The first-order chi connectivity index (χ1) is 20.5. The minimum Gasteiger partial charge on any atom is -0.494 e. The Balaban J connectivity index is 1.61. The standard InChI is InChI=1S/C34H47N3O5S/c1-7-11-23(5)35-18-10-17-34-28(31(40)37(29(34)32(35)41)25(21-38)20-22(3)4)27-30(39)36(19-9-16-33(27,6)43-34)24-12-14-26(15-13-24)42-8-2/h9-10,12-17,22-23,25,27-29,38H,7-8,11,18-21H2,1-6H3/t23?,25-,27+,28+,29?,33-,34+/m1/s1. The van der Waals surface area contributed by atoms with E-state index in [2.05, 4.69) is 39.8 Å². The van der Waals surface area contributed by atoms with Gasteiger partial charge in [-0.2, -0.15) is 0 Å². The van der Waals surface area contributed by atoms with Crippen molar-refractivity contribution in [2.45, 2.75) is 88.4 Å². The fourth-order valence-electron chi connectivity index (χ4n) is 7.78. The van der Waals surface area contributed by atoms with Crippen molar-refractivity contribution in [3.63, 3.8) is 0 Å². The van der Waals surface area contributed by atoms with Crippen LogP contribution in [-0.2, 0) is 14.4 Å². The predicted octanol–water partition coefficient (Wildman–Crippen LogP) is 4.67. The molecule has 7 atom stereocenters. The van der Waals surface area contributed by atoms with Crippen LogP contribution in [0.15, 0.2) is 48.6 Å². The van der Waals surface area contributed by atoms with Crippen molar-refractivity contribution in [2.75, 3.05) is 31.2 Å². The summed E-state index contributed by atoms with van der Waals surface area (Å²) < 4.78 is 3.99. The second-order valence-electron chi connectivity index (χ2n) is 13.0. The highest BCUT2D eigenvalue weighted by Crippen LogP contribution is 2.66. The zero-order valence-electron chi connectivity index (χ0n) is 26.4. The van der Waals surface area contributed by atoms with Gasteiger partial charge in [-0.3, -0.25) is 14.4 Å². The van der Waals surface area contributed by atoms with Crippen LogP contribution in [0.4, 0.5) is 5.69 Å². The molecule has 1 spiro atoms. The first-order valence-electron chi connectivity index (χ1n) is 15.9. The molecule has 1 aromatic rings. The highest BCUT2D eigenvalue weighted by molar-refractivity contribution is 8.02. The van der Waals surface area contributed by atoms with Crippen molar-refractivity contribution in [2.24, 2.45) is 17.8 Å². The molecule has 4 aliphatic heterocycles. The fraction of sp³-hybridized carbons (Fsp3) is 0.618. The summed E-state index contributed by atoms with van der Waals surface area (Å²) >= 11 is 1.59.